The van der Waals surface area contributed by atoms with Gasteiger partial charge in [-0.25, -0.2) is 0 Å². The maximum atomic E-state index is 12.9. The molecule has 0 saturated carbocycles. The summed E-state index contributed by atoms with van der Waals surface area (Å²) in [6.45, 7) is 4.32. The molecule has 1 aromatic rings. The first-order chi connectivity index (χ1) is 9.00. The van der Waals surface area contributed by atoms with Crippen LogP contribution in [0.3, 0.4) is 0 Å². The van der Waals surface area contributed by atoms with Crippen LogP contribution in [-0.2, 0) is 17.5 Å². The quantitative estimate of drug-likeness (QED) is 0.837. The molecule has 0 aromatic heterocycles. The van der Waals surface area contributed by atoms with Crippen LogP contribution in [0.4, 0.5) is 13.2 Å². The highest BCUT2D eigenvalue weighted by Gasteiger charge is 2.33. The van der Waals surface area contributed by atoms with Gasteiger partial charge in [0, 0.05) is 19.6 Å². The predicted molar refractivity (Wildman–Crippen MR) is 66.8 cm³/mol. The second kappa shape index (κ2) is 5.92. The third-order valence-corrected chi connectivity index (χ3v) is 3.39. The molecule has 5 heteroatoms. The van der Waals surface area contributed by atoms with Crippen LogP contribution in [0.2, 0.25) is 0 Å². The van der Waals surface area contributed by atoms with E-state index in [2.05, 4.69) is 0 Å². The van der Waals surface area contributed by atoms with E-state index in [1.165, 1.54) is 6.07 Å². The molecular weight excluding hydrogens is 255 g/mol. The van der Waals surface area contributed by atoms with Crippen LogP contribution in [0.15, 0.2) is 24.3 Å². The second-order valence-corrected chi connectivity index (χ2v) is 4.79. The van der Waals surface area contributed by atoms with Crippen molar-refractivity contribution in [3.8, 4) is 0 Å². The summed E-state index contributed by atoms with van der Waals surface area (Å²) in [6, 6.07) is 5.79. The van der Waals surface area contributed by atoms with Gasteiger partial charge in [0.15, 0.2) is 0 Å². The van der Waals surface area contributed by atoms with Gasteiger partial charge in [0.05, 0.1) is 18.3 Å². The van der Waals surface area contributed by atoms with Crippen LogP contribution in [0, 0.1) is 0 Å². The number of hydrogen-bond donors (Lipinski definition) is 0. The number of nitrogens with zero attached hydrogens (tertiary/aromatic N) is 1. The molecule has 1 unspecified atom stereocenters. The Balaban J connectivity index is 2.11. The minimum absolute atomic E-state index is 0.131. The van der Waals surface area contributed by atoms with E-state index in [0.29, 0.717) is 31.8 Å². The summed E-state index contributed by atoms with van der Waals surface area (Å²) in [5.41, 5.74) is -0.193. The zero-order valence-electron chi connectivity index (χ0n) is 10.9. The van der Waals surface area contributed by atoms with Crippen LogP contribution in [-0.4, -0.2) is 30.7 Å². The highest BCUT2D eigenvalue weighted by molar-refractivity contribution is 5.29. The molecule has 1 aliphatic heterocycles. The van der Waals surface area contributed by atoms with Gasteiger partial charge in [-0.1, -0.05) is 25.1 Å². The fourth-order valence-corrected chi connectivity index (χ4v) is 2.35. The van der Waals surface area contributed by atoms with E-state index in [-0.39, 0.29) is 6.10 Å². The molecule has 1 fully saturated rings. The van der Waals surface area contributed by atoms with Crippen molar-refractivity contribution in [2.45, 2.75) is 32.2 Å². The van der Waals surface area contributed by atoms with Gasteiger partial charge >= 0.3 is 6.18 Å². The van der Waals surface area contributed by atoms with Crippen molar-refractivity contribution in [3.05, 3.63) is 35.4 Å². The summed E-state index contributed by atoms with van der Waals surface area (Å²) in [7, 11) is 0. The lowest BCUT2D eigenvalue weighted by Gasteiger charge is -2.33. The molecule has 1 atom stereocenters. The average molecular weight is 273 g/mol. The SMILES string of the molecule is CCC1CN(Cc2ccccc2C(F)(F)F)CCO1. The molecule has 1 aliphatic rings. The number of ether oxygens (including phenoxy) is 1. The fraction of sp³-hybridized carbons (Fsp3) is 0.571. The number of rotatable bonds is 3. The monoisotopic (exact) mass is 273 g/mol. The van der Waals surface area contributed by atoms with Gasteiger partial charge in [0.1, 0.15) is 0 Å². The van der Waals surface area contributed by atoms with Crippen LogP contribution >= 0.6 is 0 Å². The van der Waals surface area contributed by atoms with E-state index in [1.807, 2.05) is 11.8 Å². The Kier molecular flexibility index (Phi) is 4.47. The van der Waals surface area contributed by atoms with E-state index >= 15 is 0 Å². The molecule has 2 rings (SSSR count). The Morgan fingerprint density at radius 2 is 2.05 bits per heavy atom. The molecule has 19 heavy (non-hydrogen) atoms. The Morgan fingerprint density at radius 1 is 1.32 bits per heavy atom. The van der Waals surface area contributed by atoms with Gasteiger partial charge < -0.3 is 4.74 Å². The third-order valence-electron chi connectivity index (χ3n) is 3.39. The van der Waals surface area contributed by atoms with Crippen LogP contribution in [0.1, 0.15) is 24.5 Å². The van der Waals surface area contributed by atoms with Gasteiger partial charge in [-0.05, 0) is 18.1 Å². The average Bonchev–Trinajstić information content (AvgIpc) is 2.38. The van der Waals surface area contributed by atoms with Crippen LogP contribution < -0.4 is 0 Å². The third kappa shape index (κ3) is 3.70. The Bertz CT molecular complexity index is 419. The Hall–Kier alpha value is -1.07. The minimum atomic E-state index is -4.28. The largest absolute Gasteiger partial charge is 0.416 e. The Labute approximate surface area is 111 Å². The van der Waals surface area contributed by atoms with Crippen molar-refractivity contribution < 1.29 is 17.9 Å². The second-order valence-electron chi connectivity index (χ2n) is 4.79. The van der Waals surface area contributed by atoms with Crippen molar-refractivity contribution in [1.82, 2.24) is 4.90 Å². The summed E-state index contributed by atoms with van der Waals surface area (Å²) in [5, 5.41) is 0. The summed E-state index contributed by atoms with van der Waals surface area (Å²) in [4.78, 5) is 2.03. The lowest BCUT2D eigenvalue weighted by atomic mass is 10.1. The number of benzene rings is 1. The van der Waals surface area contributed by atoms with Gasteiger partial charge in [-0.3, -0.25) is 4.90 Å². The normalized spacial score (nSPS) is 21.6. The van der Waals surface area contributed by atoms with Crippen molar-refractivity contribution in [2.75, 3.05) is 19.7 Å². The van der Waals surface area contributed by atoms with Crippen molar-refractivity contribution in [1.29, 1.82) is 0 Å². The molecule has 0 radical (unpaired) electrons. The lowest BCUT2D eigenvalue weighted by molar-refractivity contribution is -0.138. The summed E-state index contributed by atoms with van der Waals surface area (Å²) < 4.78 is 44.2. The standard InChI is InChI=1S/C14H18F3NO/c1-2-12-10-18(7-8-19-12)9-11-5-3-4-6-13(11)14(15,16)17/h3-6,12H,2,7-10H2,1H3. The lowest BCUT2D eigenvalue weighted by Crippen LogP contribution is -2.41. The smallest absolute Gasteiger partial charge is 0.376 e. The van der Waals surface area contributed by atoms with Gasteiger partial charge in [-0.15, -0.1) is 0 Å². The first-order valence-electron chi connectivity index (χ1n) is 6.49. The molecule has 0 bridgehead atoms. The van der Waals surface area contributed by atoms with E-state index in [1.54, 1.807) is 12.1 Å². The zero-order valence-corrected chi connectivity index (χ0v) is 10.9. The van der Waals surface area contributed by atoms with E-state index in [4.69, 9.17) is 4.74 Å². The molecule has 0 amide bonds. The van der Waals surface area contributed by atoms with Crippen molar-refractivity contribution in [2.24, 2.45) is 0 Å². The first kappa shape index (κ1) is 14.3. The minimum Gasteiger partial charge on any atom is -0.376 e. The number of alkyl halides is 3. The van der Waals surface area contributed by atoms with Crippen molar-refractivity contribution >= 4 is 0 Å². The predicted octanol–water partition coefficient (Wildman–Crippen LogP) is 3.32. The molecule has 1 heterocycles. The molecule has 0 N–H and O–H groups in total. The van der Waals surface area contributed by atoms with Gasteiger partial charge in [0.25, 0.3) is 0 Å². The maximum Gasteiger partial charge on any atom is 0.416 e. The zero-order chi connectivity index (χ0) is 13.9. The van der Waals surface area contributed by atoms with E-state index in [9.17, 15) is 13.2 Å². The molecule has 2 nitrogen and oxygen atoms in total. The maximum absolute atomic E-state index is 12.9. The first-order valence-corrected chi connectivity index (χ1v) is 6.49. The fourth-order valence-electron chi connectivity index (χ4n) is 2.35. The van der Waals surface area contributed by atoms with Crippen molar-refractivity contribution in [3.63, 3.8) is 0 Å². The highest BCUT2D eigenvalue weighted by atomic mass is 19.4. The molecular formula is C14H18F3NO. The topological polar surface area (TPSA) is 12.5 Å². The van der Waals surface area contributed by atoms with Gasteiger partial charge in [0.2, 0.25) is 0 Å². The van der Waals surface area contributed by atoms with E-state index in [0.717, 1.165) is 12.5 Å². The highest BCUT2D eigenvalue weighted by Crippen LogP contribution is 2.32. The number of morpholine rings is 1. The molecule has 1 saturated heterocycles. The van der Waals surface area contributed by atoms with E-state index < -0.39 is 11.7 Å². The summed E-state index contributed by atoms with van der Waals surface area (Å²) in [6.07, 6.45) is -3.27. The van der Waals surface area contributed by atoms with Crippen LogP contribution in [0.25, 0.3) is 0 Å². The number of halogens is 3. The summed E-state index contributed by atoms with van der Waals surface area (Å²) in [5.74, 6) is 0. The molecule has 1 aromatic carbocycles. The summed E-state index contributed by atoms with van der Waals surface area (Å²) >= 11 is 0. The van der Waals surface area contributed by atoms with Crippen LogP contribution in [0.5, 0.6) is 0 Å². The number of hydrogen-bond acceptors (Lipinski definition) is 2. The molecule has 0 aliphatic carbocycles. The van der Waals surface area contributed by atoms with Gasteiger partial charge in [-0.2, -0.15) is 13.2 Å². The molecule has 0 spiro atoms. The Morgan fingerprint density at radius 3 is 2.74 bits per heavy atom. The molecule has 106 valence electrons.